The molecule has 0 atom stereocenters. The van der Waals surface area contributed by atoms with Gasteiger partial charge in [-0.15, -0.1) is 0 Å². The van der Waals surface area contributed by atoms with E-state index in [4.69, 9.17) is 0 Å². The number of amides is 2. The summed E-state index contributed by atoms with van der Waals surface area (Å²) in [6.45, 7) is 3.31. The van der Waals surface area contributed by atoms with Gasteiger partial charge in [0.15, 0.2) is 0 Å². The summed E-state index contributed by atoms with van der Waals surface area (Å²) >= 11 is 0. The van der Waals surface area contributed by atoms with Crippen LogP contribution in [0.5, 0.6) is 0 Å². The molecular formula is C19H20N4O. The average Bonchev–Trinajstić information content (AvgIpc) is 2.67. The number of para-hydroxylation sites is 1. The lowest BCUT2D eigenvalue weighted by Gasteiger charge is -2.36. The maximum Gasteiger partial charge on any atom is 0.317 e. The number of carbonyl (C=O) groups is 1. The van der Waals surface area contributed by atoms with E-state index in [0.29, 0.717) is 25.2 Å². The van der Waals surface area contributed by atoms with Crippen LogP contribution in [0.2, 0.25) is 0 Å². The van der Waals surface area contributed by atoms with Gasteiger partial charge < -0.3 is 15.1 Å². The van der Waals surface area contributed by atoms with Crippen LogP contribution in [0, 0.1) is 11.3 Å². The highest BCUT2D eigenvalue weighted by Gasteiger charge is 2.22. The molecule has 5 heteroatoms. The summed E-state index contributed by atoms with van der Waals surface area (Å²) in [5.41, 5.74) is 2.72. The number of piperazine rings is 1. The van der Waals surface area contributed by atoms with Gasteiger partial charge in [-0.25, -0.2) is 4.79 Å². The van der Waals surface area contributed by atoms with E-state index in [0.717, 1.165) is 24.3 Å². The van der Waals surface area contributed by atoms with Crippen LogP contribution in [0.4, 0.5) is 10.5 Å². The Labute approximate surface area is 142 Å². The summed E-state index contributed by atoms with van der Waals surface area (Å²) in [6, 6.07) is 19.7. The molecule has 122 valence electrons. The van der Waals surface area contributed by atoms with Gasteiger partial charge in [0.25, 0.3) is 0 Å². The molecule has 5 nitrogen and oxygen atoms in total. The van der Waals surface area contributed by atoms with Gasteiger partial charge in [-0.3, -0.25) is 0 Å². The van der Waals surface area contributed by atoms with E-state index in [2.05, 4.69) is 16.3 Å². The van der Waals surface area contributed by atoms with Crippen LogP contribution < -0.4 is 10.2 Å². The Morgan fingerprint density at radius 3 is 2.38 bits per heavy atom. The number of hydrogen-bond donors (Lipinski definition) is 1. The summed E-state index contributed by atoms with van der Waals surface area (Å²) in [4.78, 5) is 16.3. The van der Waals surface area contributed by atoms with Crippen molar-refractivity contribution in [3.8, 4) is 6.07 Å². The fourth-order valence-electron chi connectivity index (χ4n) is 2.88. The quantitative estimate of drug-likeness (QED) is 0.945. The number of nitriles is 1. The Morgan fingerprint density at radius 2 is 1.67 bits per heavy atom. The first kappa shape index (κ1) is 15.9. The Bertz CT molecular complexity index is 731. The van der Waals surface area contributed by atoms with Gasteiger partial charge in [0, 0.05) is 32.7 Å². The Balaban J connectivity index is 1.53. The molecule has 0 bridgehead atoms. The smallest absolute Gasteiger partial charge is 0.317 e. The highest BCUT2D eigenvalue weighted by Crippen LogP contribution is 2.21. The van der Waals surface area contributed by atoms with Crippen molar-refractivity contribution in [1.82, 2.24) is 10.2 Å². The number of hydrogen-bond acceptors (Lipinski definition) is 3. The zero-order valence-corrected chi connectivity index (χ0v) is 13.5. The Hall–Kier alpha value is -3.00. The van der Waals surface area contributed by atoms with Crippen LogP contribution >= 0.6 is 0 Å². The predicted octanol–water partition coefficient (Wildman–Crippen LogP) is 2.59. The fraction of sp³-hybridized carbons (Fsp3) is 0.263. The summed E-state index contributed by atoms with van der Waals surface area (Å²) in [6.07, 6.45) is 0. The lowest BCUT2D eigenvalue weighted by Crippen LogP contribution is -2.51. The van der Waals surface area contributed by atoms with Crippen LogP contribution in [0.25, 0.3) is 0 Å². The molecule has 2 aromatic rings. The first-order chi connectivity index (χ1) is 11.8. The van der Waals surface area contributed by atoms with E-state index in [1.807, 2.05) is 59.5 Å². The van der Waals surface area contributed by atoms with Crippen LogP contribution in [0.3, 0.4) is 0 Å². The standard InChI is InChI=1S/C19H20N4O/c20-14-17-8-4-5-9-18(17)22-10-12-23(13-11-22)19(24)21-15-16-6-2-1-3-7-16/h1-9H,10-13,15H2,(H,21,24). The molecule has 24 heavy (non-hydrogen) atoms. The van der Waals surface area contributed by atoms with Crippen molar-refractivity contribution >= 4 is 11.7 Å². The molecule has 0 radical (unpaired) electrons. The third-order valence-corrected chi connectivity index (χ3v) is 4.22. The molecule has 1 aliphatic rings. The molecular weight excluding hydrogens is 300 g/mol. The highest BCUT2D eigenvalue weighted by atomic mass is 16.2. The number of rotatable bonds is 3. The second-order valence-corrected chi connectivity index (χ2v) is 5.75. The molecule has 0 spiro atoms. The van der Waals surface area contributed by atoms with Crippen molar-refractivity contribution in [2.45, 2.75) is 6.54 Å². The third kappa shape index (κ3) is 3.66. The molecule has 1 N–H and O–H groups in total. The normalized spacial score (nSPS) is 14.1. The number of benzene rings is 2. The fourth-order valence-corrected chi connectivity index (χ4v) is 2.88. The molecule has 0 aromatic heterocycles. The summed E-state index contributed by atoms with van der Waals surface area (Å²) < 4.78 is 0. The molecule has 1 aliphatic heterocycles. The van der Waals surface area contributed by atoms with Crippen LogP contribution in [-0.2, 0) is 6.54 Å². The van der Waals surface area contributed by atoms with Crippen molar-refractivity contribution in [3.05, 3.63) is 65.7 Å². The van der Waals surface area contributed by atoms with Gasteiger partial charge in [-0.05, 0) is 17.7 Å². The Morgan fingerprint density at radius 1 is 1.00 bits per heavy atom. The van der Waals surface area contributed by atoms with Crippen molar-refractivity contribution in [1.29, 1.82) is 5.26 Å². The third-order valence-electron chi connectivity index (χ3n) is 4.22. The van der Waals surface area contributed by atoms with E-state index in [1.54, 1.807) is 0 Å². The molecule has 0 unspecified atom stereocenters. The van der Waals surface area contributed by atoms with Gasteiger partial charge in [0.05, 0.1) is 11.3 Å². The molecule has 2 aromatic carbocycles. The molecule has 2 amide bonds. The topological polar surface area (TPSA) is 59.4 Å². The predicted molar refractivity (Wildman–Crippen MR) is 93.6 cm³/mol. The second kappa shape index (κ2) is 7.51. The number of nitrogens with zero attached hydrogens (tertiary/aromatic N) is 3. The zero-order chi connectivity index (χ0) is 16.8. The van der Waals surface area contributed by atoms with Crippen molar-refractivity contribution in [2.24, 2.45) is 0 Å². The summed E-state index contributed by atoms with van der Waals surface area (Å²) in [5.74, 6) is 0. The maximum atomic E-state index is 12.3. The highest BCUT2D eigenvalue weighted by molar-refractivity contribution is 5.74. The lowest BCUT2D eigenvalue weighted by molar-refractivity contribution is 0.194. The minimum Gasteiger partial charge on any atom is -0.367 e. The number of nitrogens with one attached hydrogen (secondary N) is 1. The minimum atomic E-state index is -0.0351. The van der Waals surface area contributed by atoms with Crippen LogP contribution in [0.15, 0.2) is 54.6 Å². The molecule has 1 saturated heterocycles. The van der Waals surface area contributed by atoms with Gasteiger partial charge in [-0.2, -0.15) is 5.26 Å². The van der Waals surface area contributed by atoms with Gasteiger partial charge >= 0.3 is 6.03 Å². The van der Waals surface area contributed by atoms with E-state index in [1.165, 1.54) is 0 Å². The lowest BCUT2D eigenvalue weighted by atomic mass is 10.1. The zero-order valence-electron chi connectivity index (χ0n) is 13.5. The summed E-state index contributed by atoms with van der Waals surface area (Å²) in [7, 11) is 0. The molecule has 0 aliphatic carbocycles. The minimum absolute atomic E-state index is 0.0351. The van der Waals surface area contributed by atoms with Gasteiger partial charge in [0.1, 0.15) is 6.07 Å². The molecule has 1 heterocycles. The number of anilines is 1. The van der Waals surface area contributed by atoms with E-state index < -0.39 is 0 Å². The first-order valence-corrected chi connectivity index (χ1v) is 8.08. The molecule has 1 fully saturated rings. The number of urea groups is 1. The maximum absolute atomic E-state index is 12.3. The van der Waals surface area contributed by atoms with E-state index >= 15 is 0 Å². The van der Waals surface area contributed by atoms with E-state index in [-0.39, 0.29) is 6.03 Å². The monoisotopic (exact) mass is 320 g/mol. The molecule has 3 rings (SSSR count). The Kier molecular flexibility index (Phi) is 4.97. The van der Waals surface area contributed by atoms with Crippen molar-refractivity contribution < 1.29 is 4.79 Å². The van der Waals surface area contributed by atoms with Crippen molar-refractivity contribution in [3.63, 3.8) is 0 Å². The SMILES string of the molecule is N#Cc1ccccc1N1CCN(C(=O)NCc2ccccc2)CC1. The molecule has 0 saturated carbocycles. The van der Waals surface area contributed by atoms with Gasteiger partial charge in [-0.1, -0.05) is 42.5 Å². The first-order valence-electron chi connectivity index (χ1n) is 8.08. The number of carbonyl (C=O) groups excluding carboxylic acids is 1. The van der Waals surface area contributed by atoms with Crippen molar-refractivity contribution in [2.75, 3.05) is 31.1 Å². The van der Waals surface area contributed by atoms with Gasteiger partial charge in [0.2, 0.25) is 0 Å². The van der Waals surface area contributed by atoms with Crippen LogP contribution in [-0.4, -0.2) is 37.1 Å². The average molecular weight is 320 g/mol. The largest absolute Gasteiger partial charge is 0.367 e. The second-order valence-electron chi connectivity index (χ2n) is 5.75. The van der Waals surface area contributed by atoms with Crippen LogP contribution in [0.1, 0.15) is 11.1 Å². The summed E-state index contributed by atoms with van der Waals surface area (Å²) in [5, 5.41) is 12.2. The van der Waals surface area contributed by atoms with E-state index in [9.17, 15) is 10.1 Å².